The van der Waals surface area contributed by atoms with Gasteiger partial charge in [-0.15, -0.1) is 11.3 Å². The number of thiophene rings is 1. The smallest absolute Gasteiger partial charge is 0.267 e. The highest BCUT2D eigenvalue weighted by Gasteiger charge is 2.27. The number of amides is 2. The maximum Gasteiger partial charge on any atom is 0.267 e. The molecule has 1 aromatic rings. The largest absolute Gasteiger partial charge is 0.492 e. The van der Waals surface area contributed by atoms with Crippen molar-refractivity contribution in [1.82, 2.24) is 19.6 Å². The van der Waals surface area contributed by atoms with E-state index in [1.54, 1.807) is 0 Å². The minimum absolute atomic E-state index is 0.0371. The summed E-state index contributed by atoms with van der Waals surface area (Å²) in [4.78, 5) is 34.4. The monoisotopic (exact) mass is 454 g/mol. The number of carbonyl (C=O) groups excluding carboxylic acids is 2. The molecule has 0 bridgehead atoms. The Morgan fingerprint density at radius 3 is 1.97 bits per heavy atom. The van der Waals surface area contributed by atoms with Crippen LogP contribution in [0.3, 0.4) is 0 Å². The summed E-state index contributed by atoms with van der Waals surface area (Å²) < 4.78 is 5.54. The first-order chi connectivity index (χ1) is 15.1. The van der Waals surface area contributed by atoms with Crippen LogP contribution in [0.25, 0.3) is 0 Å². The van der Waals surface area contributed by atoms with Crippen LogP contribution in [-0.4, -0.2) is 103 Å². The lowest BCUT2D eigenvalue weighted by atomic mass is 10.2. The first-order valence-corrected chi connectivity index (χ1v) is 12.7. The molecule has 2 aliphatic heterocycles. The van der Waals surface area contributed by atoms with E-state index in [1.807, 2.05) is 55.9 Å². The molecule has 0 saturated carbocycles. The Kier molecular flexibility index (Phi) is 13.4. The van der Waals surface area contributed by atoms with Crippen molar-refractivity contribution in [2.45, 2.75) is 41.5 Å². The second-order valence-corrected chi connectivity index (χ2v) is 7.85. The third-order valence-corrected chi connectivity index (χ3v) is 6.20. The van der Waals surface area contributed by atoms with Crippen LogP contribution in [0.4, 0.5) is 0 Å². The minimum Gasteiger partial charge on any atom is -0.492 e. The number of piperazine rings is 2. The van der Waals surface area contributed by atoms with Gasteiger partial charge in [0.25, 0.3) is 5.91 Å². The van der Waals surface area contributed by atoms with E-state index in [-0.39, 0.29) is 11.8 Å². The third kappa shape index (κ3) is 8.09. The van der Waals surface area contributed by atoms with Crippen molar-refractivity contribution in [3.8, 4) is 5.75 Å². The molecule has 31 heavy (non-hydrogen) atoms. The second-order valence-electron chi connectivity index (χ2n) is 6.93. The zero-order valence-electron chi connectivity index (χ0n) is 20.4. The van der Waals surface area contributed by atoms with Crippen molar-refractivity contribution in [2.24, 2.45) is 0 Å². The molecule has 2 aliphatic rings. The van der Waals surface area contributed by atoms with E-state index in [9.17, 15) is 9.59 Å². The fraction of sp³-hybridized carbons (Fsp3) is 0.739. The van der Waals surface area contributed by atoms with Crippen LogP contribution in [0.1, 0.15) is 51.2 Å². The quantitative estimate of drug-likeness (QED) is 0.661. The highest BCUT2D eigenvalue weighted by atomic mass is 32.1. The van der Waals surface area contributed by atoms with Crippen LogP contribution in [-0.2, 0) is 4.79 Å². The molecular formula is C23H42N4O3S. The van der Waals surface area contributed by atoms with Gasteiger partial charge < -0.3 is 19.4 Å². The second kappa shape index (κ2) is 15.2. The standard InChI is InChI=1S/C19H30N4O3S.2C2H6/c1-3-20-6-10-22(11-7-20)17(24)15-21-8-12-23(13-9-21)19(25)18-16(26-4-2)5-14-27-18;2*1-2/h5,14H,3-4,6-13,15H2,1-2H3;2*1-2H3. The Morgan fingerprint density at radius 2 is 1.42 bits per heavy atom. The van der Waals surface area contributed by atoms with Gasteiger partial charge >= 0.3 is 0 Å². The van der Waals surface area contributed by atoms with Gasteiger partial charge in [-0.05, 0) is 24.9 Å². The van der Waals surface area contributed by atoms with Crippen molar-refractivity contribution >= 4 is 23.2 Å². The molecule has 0 spiro atoms. The van der Waals surface area contributed by atoms with E-state index < -0.39 is 0 Å². The average Bonchev–Trinajstić information content (AvgIpc) is 3.30. The maximum atomic E-state index is 12.7. The molecule has 3 heterocycles. The van der Waals surface area contributed by atoms with Crippen LogP contribution < -0.4 is 4.74 Å². The van der Waals surface area contributed by atoms with Crippen LogP contribution in [0.2, 0.25) is 0 Å². The normalized spacial score (nSPS) is 17.2. The summed E-state index contributed by atoms with van der Waals surface area (Å²) >= 11 is 1.43. The highest BCUT2D eigenvalue weighted by molar-refractivity contribution is 7.12. The molecule has 0 atom stereocenters. The van der Waals surface area contributed by atoms with Gasteiger partial charge in [-0.25, -0.2) is 0 Å². The van der Waals surface area contributed by atoms with Crippen molar-refractivity contribution in [3.63, 3.8) is 0 Å². The van der Waals surface area contributed by atoms with E-state index in [2.05, 4.69) is 16.7 Å². The fourth-order valence-electron chi connectivity index (χ4n) is 3.58. The van der Waals surface area contributed by atoms with Gasteiger partial charge in [-0.3, -0.25) is 14.5 Å². The summed E-state index contributed by atoms with van der Waals surface area (Å²) in [6.45, 7) is 20.5. The summed E-state index contributed by atoms with van der Waals surface area (Å²) in [7, 11) is 0. The summed E-state index contributed by atoms with van der Waals surface area (Å²) in [6, 6.07) is 1.86. The topological polar surface area (TPSA) is 56.3 Å². The molecule has 7 nitrogen and oxygen atoms in total. The Labute approximate surface area is 192 Å². The van der Waals surface area contributed by atoms with Crippen LogP contribution in [0, 0.1) is 0 Å². The number of carbonyl (C=O) groups is 2. The Bertz CT molecular complexity index is 637. The predicted molar refractivity (Wildman–Crippen MR) is 129 cm³/mol. The molecule has 8 heteroatoms. The van der Waals surface area contributed by atoms with Gasteiger partial charge in [0, 0.05) is 52.4 Å². The zero-order chi connectivity index (χ0) is 23.2. The first kappa shape index (κ1) is 27.4. The van der Waals surface area contributed by atoms with E-state index in [1.165, 1.54) is 11.3 Å². The number of likely N-dealkylation sites (N-methyl/N-ethyl adjacent to an activating group) is 1. The Hall–Kier alpha value is -1.64. The lowest BCUT2D eigenvalue weighted by molar-refractivity contribution is -0.134. The van der Waals surface area contributed by atoms with Crippen molar-refractivity contribution in [1.29, 1.82) is 0 Å². The van der Waals surface area contributed by atoms with Crippen molar-refractivity contribution < 1.29 is 14.3 Å². The lowest BCUT2D eigenvalue weighted by Gasteiger charge is -2.37. The Balaban J connectivity index is 0.00000113. The van der Waals surface area contributed by atoms with Gasteiger partial charge in [0.05, 0.1) is 13.2 Å². The van der Waals surface area contributed by atoms with Gasteiger partial charge in [0.1, 0.15) is 10.6 Å². The number of hydrogen-bond donors (Lipinski definition) is 0. The number of hydrogen-bond acceptors (Lipinski definition) is 6. The lowest BCUT2D eigenvalue weighted by Crippen LogP contribution is -2.54. The van der Waals surface area contributed by atoms with E-state index in [0.717, 1.165) is 45.8 Å². The van der Waals surface area contributed by atoms with Crippen LogP contribution in [0.15, 0.2) is 11.4 Å². The number of nitrogens with zero attached hydrogens (tertiary/aromatic N) is 4. The molecule has 3 rings (SSSR count). The third-order valence-electron chi connectivity index (χ3n) is 5.31. The van der Waals surface area contributed by atoms with E-state index in [4.69, 9.17) is 4.74 Å². The van der Waals surface area contributed by atoms with E-state index in [0.29, 0.717) is 36.9 Å². The molecule has 0 radical (unpaired) electrons. The molecule has 2 amide bonds. The van der Waals surface area contributed by atoms with Crippen LogP contribution in [0.5, 0.6) is 5.75 Å². The van der Waals surface area contributed by atoms with Gasteiger partial charge in [-0.2, -0.15) is 0 Å². The molecule has 0 N–H and O–H groups in total. The minimum atomic E-state index is 0.0371. The van der Waals surface area contributed by atoms with Crippen molar-refractivity contribution in [3.05, 3.63) is 16.3 Å². The van der Waals surface area contributed by atoms with Gasteiger partial charge in [0.15, 0.2) is 0 Å². The molecule has 0 unspecified atom stereocenters. The Morgan fingerprint density at radius 1 is 0.871 bits per heavy atom. The number of ether oxygens (including phenoxy) is 1. The molecular weight excluding hydrogens is 412 g/mol. The van der Waals surface area contributed by atoms with Crippen LogP contribution >= 0.6 is 11.3 Å². The zero-order valence-corrected chi connectivity index (χ0v) is 21.2. The molecule has 2 fully saturated rings. The maximum absolute atomic E-state index is 12.7. The number of rotatable bonds is 6. The molecule has 178 valence electrons. The molecule has 0 aromatic carbocycles. The SMILES string of the molecule is CC.CC.CCOc1ccsc1C(=O)N1CCN(CC(=O)N2CCN(CC)CC2)CC1. The summed E-state index contributed by atoms with van der Waals surface area (Å²) in [5.74, 6) is 0.925. The van der Waals surface area contributed by atoms with Gasteiger partial charge in [-0.1, -0.05) is 34.6 Å². The molecule has 1 aromatic heterocycles. The fourth-order valence-corrected chi connectivity index (χ4v) is 4.38. The van der Waals surface area contributed by atoms with Gasteiger partial charge in [0.2, 0.25) is 5.91 Å². The van der Waals surface area contributed by atoms with Crippen molar-refractivity contribution in [2.75, 3.05) is 72.1 Å². The molecule has 0 aliphatic carbocycles. The molecule has 2 saturated heterocycles. The summed E-state index contributed by atoms with van der Waals surface area (Å²) in [5, 5.41) is 1.89. The predicted octanol–water partition coefficient (Wildman–Crippen LogP) is 3.12. The summed E-state index contributed by atoms with van der Waals surface area (Å²) in [5.41, 5.74) is 0. The summed E-state index contributed by atoms with van der Waals surface area (Å²) in [6.07, 6.45) is 0. The average molecular weight is 455 g/mol. The highest BCUT2D eigenvalue weighted by Crippen LogP contribution is 2.26. The first-order valence-electron chi connectivity index (χ1n) is 11.8. The van der Waals surface area contributed by atoms with E-state index >= 15 is 0 Å².